The first-order valence-electron chi connectivity index (χ1n) is 7.53. The molecule has 1 amide bonds. The van der Waals surface area contributed by atoms with Crippen molar-refractivity contribution >= 4 is 11.4 Å². The zero-order valence-corrected chi connectivity index (χ0v) is 12.6. The maximum Gasteiger partial charge on any atom is 0.227 e. The van der Waals surface area contributed by atoms with E-state index in [1.54, 1.807) is 6.20 Å². The van der Waals surface area contributed by atoms with Gasteiger partial charge in [-0.2, -0.15) is 5.10 Å². The van der Waals surface area contributed by atoms with Crippen LogP contribution in [0, 0.1) is 0 Å². The monoisotopic (exact) mass is 293 g/mol. The molecule has 0 saturated carbocycles. The molecule has 0 bridgehead atoms. The summed E-state index contributed by atoms with van der Waals surface area (Å²) in [6.45, 7) is 2.53. The molecule has 112 valence electrons. The van der Waals surface area contributed by atoms with Crippen LogP contribution in [0.15, 0.2) is 60.9 Å². The van der Waals surface area contributed by atoms with Crippen molar-refractivity contribution < 1.29 is 4.79 Å². The molecule has 2 aromatic heterocycles. The third kappa shape index (κ3) is 2.86. The van der Waals surface area contributed by atoms with Gasteiger partial charge in [0.25, 0.3) is 0 Å². The van der Waals surface area contributed by atoms with Gasteiger partial charge in [0.2, 0.25) is 5.91 Å². The Morgan fingerprint density at radius 1 is 1.18 bits per heavy atom. The first kappa shape index (κ1) is 14.3. The van der Waals surface area contributed by atoms with E-state index in [9.17, 15) is 4.79 Å². The van der Waals surface area contributed by atoms with E-state index < -0.39 is 0 Å². The van der Waals surface area contributed by atoms with Crippen LogP contribution < -0.4 is 5.32 Å². The lowest BCUT2D eigenvalue weighted by atomic mass is 9.95. The third-order valence-corrected chi connectivity index (χ3v) is 3.89. The van der Waals surface area contributed by atoms with Crippen molar-refractivity contribution in [2.45, 2.75) is 25.8 Å². The molecule has 0 aliphatic carbocycles. The number of carbonyl (C=O) groups is 1. The second-order valence-electron chi connectivity index (χ2n) is 5.29. The Hall–Kier alpha value is -2.62. The van der Waals surface area contributed by atoms with Gasteiger partial charge in [0.1, 0.15) is 0 Å². The van der Waals surface area contributed by atoms with Crippen LogP contribution in [0.2, 0.25) is 0 Å². The number of nitrogens with one attached hydrogen (secondary N) is 1. The van der Waals surface area contributed by atoms with Gasteiger partial charge in [0, 0.05) is 18.3 Å². The number of carbonyl (C=O) groups excluding carboxylic acids is 1. The van der Waals surface area contributed by atoms with E-state index in [2.05, 4.69) is 10.4 Å². The van der Waals surface area contributed by atoms with Crippen molar-refractivity contribution in [2.24, 2.45) is 0 Å². The molecule has 2 heterocycles. The number of pyridine rings is 1. The normalized spacial score (nSPS) is 12.2. The summed E-state index contributed by atoms with van der Waals surface area (Å²) in [6, 6.07) is 15.8. The zero-order chi connectivity index (χ0) is 15.4. The van der Waals surface area contributed by atoms with Gasteiger partial charge < -0.3 is 5.32 Å². The maximum absolute atomic E-state index is 12.5. The fraction of sp³-hybridized carbons (Fsp3) is 0.222. The highest BCUT2D eigenvalue weighted by Gasteiger charge is 2.18. The summed E-state index contributed by atoms with van der Waals surface area (Å²) in [7, 11) is 0. The second kappa shape index (κ2) is 6.43. The fourth-order valence-corrected chi connectivity index (χ4v) is 2.69. The first-order chi connectivity index (χ1) is 10.8. The molecule has 0 aliphatic heterocycles. The summed E-state index contributed by atoms with van der Waals surface area (Å²) in [5.41, 5.74) is 3.11. The van der Waals surface area contributed by atoms with Gasteiger partial charge in [-0.05, 0) is 24.1 Å². The highest BCUT2D eigenvalue weighted by atomic mass is 16.1. The van der Waals surface area contributed by atoms with Crippen LogP contribution in [-0.2, 0) is 11.3 Å². The predicted octanol–water partition coefficient (Wildman–Crippen LogP) is 3.14. The topological polar surface area (TPSA) is 46.4 Å². The van der Waals surface area contributed by atoms with Gasteiger partial charge >= 0.3 is 0 Å². The molecule has 0 spiro atoms. The number of nitrogens with zero attached hydrogens (tertiary/aromatic N) is 2. The molecule has 1 atom stereocenters. The Labute approximate surface area is 129 Å². The molecule has 0 radical (unpaired) electrons. The Balaban J connectivity index is 1.71. The molecular formula is C18H19N3O. The van der Waals surface area contributed by atoms with Gasteiger partial charge in [-0.3, -0.25) is 4.79 Å². The van der Waals surface area contributed by atoms with Crippen molar-refractivity contribution in [1.29, 1.82) is 0 Å². The van der Waals surface area contributed by atoms with E-state index in [1.807, 2.05) is 66.2 Å². The van der Waals surface area contributed by atoms with Gasteiger partial charge in [-0.15, -0.1) is 0 Å². The molecule has 4 nitrogen and oxygen atoms in total. The Morgan fingerprint density at radius 3 is 2.73 bits per heavy atom. The summed E-state index contributed by atoms with van der Waals surface area (Å²) < 4.78 is 1.82. The van der Waals surface area contributed by atoms with E-state index >= 15 is 0 Å². The summed E-state index contributed by atoms with van der Waals surface area (Å²) in [6.07, 6.45) is 4.49. The number of rotatable bonds is 5. The quantitative estimate of drug-likeness (QED) is 0.785. The number of fused-ring (bicyclic) bond motifs is 1. The van der Waals surface area contributed by atoms with Crippen molar-refractivity contribution in [3.8, 4) is 0 Å². The lowest BCUT2D eigenvalue weighted by Crippen LogP contribution is -2.28. The SMILES string of the molecule is CCC(C(=O)NCc1cnn2ccccc12)c1ccccc1. The Morgan fingerprint density at radius 2 is 1.95 bits per heavy atom. The molecule has 0 fully saturated rings. The van der Waals surface area contributed by atoms with Crippen molar-refractivity contribution in [3.63, 3.8) is 0 Å². The smallest absolute Gasteiger partial charge is 0.227 e. The van der Waals surface area contributed by atoms with Crippen LogP contribution in [0.25, 0.3) is 5.52 Å². The summed E-state index contributed by atoms with van der Waals surface area (Å²) >= 11 is 0. The number of amides is 1. The molecule has 3 aromatic rings. The first-order valence-corrected chi connectivity index (χ1v) is 7.53. The minimum absolute atomic E-state index is 0.0592. The standard InChI is InChI=1S/C18H19N3O/c1-2-16(14-8-4-3-5-9-14)18(22)19-12-15-13-20-21-11-7-6-10-17(15)21/h3-11,13,16H,2,12H2,1H3,(H,19,22). The molecule has 4 heteroatoms. The van der Waals surface area contributed by atoms with Gasteiger partial charge in [-0.1, -0.05) is 43.3 Å². The van der Waals surface area contributed by atoms with Crippen LogP contribution in [0.3, 0.4) is 0 Å². The van der Waals surface area contributed by atoms with Gasteiger partial charge in [0.15, 0.2) is 0 Å². The average Bonchev–Trinajstić information content (AvgIpc) is 2.98. The minimum Gasteiger partial charge on any atom is -0.351 e. The summed E-state index contributed by atoms with van der Waals surface area (Å²) in [5, 5.41) is 7.32. The van der Waals surface area contributed by atoms with Gasteiger partial charge in [0.05, 0.1) is 17.6 Å². The van der Waals surface area contributed by atoms with E-state index in [0.717, 1.165) is 23.1 Å². The van der Waals surface area contributed by atoms with E-state index in [1.165, 1.54) is 0 Å². The molecular weight excluding hydrogens is 274 g/mol. The molecule has 1 unspecified atom stereocenters. The van der Waals surface area contributed by atoms with Crippen molar-refractivity contribution in [3.05, 3.63) is 72.1 Å². The van der Waals surface area contributed by atoms with Crippen molar-refractivity contribution in [1.82, 2.24) is 14.9 Å². The van der Waals surface area contributed by atoms with E-state index in [4.69, 9.17) is 0 Å². The molecule has 3 rings (SSSR count). The Kier molecular flexibility index (Phi) is 4.19. The number of hydrogen-bond acceptors (Lipinski definition) is 2. The Bertz CT molecular complexity index is 764. The highest BCUT2D eigenvalue weighted by Crippen LogP contribution is 2.19. The number of benzene rings is 1. The van der Waals surface area contributed by atoms with Crippen LogP contribution in [0.4, 0.5) is 0 Å². The molecule has 1 aromatic carbocycles. The minimum atomic E-state index is -0.108. The van der Waals surface area contributed by atoms with Crippen LogP contribution in [0.5, 0.6) is 0 Å². The molecule has 0 aliphatic rings. The molecule has 1 N–H and O–H groups in total. The fourth-order valence-electron chi connectivity index (χ4n) is 2.69. The maximum atomic E-state index is 12.5. The second-order valence-corrected chi connectivity index (χ2v) is 5.29. The van der Waals surface area contributed by atoms with Crippen LogP contribution in [-0.4, -0.2) is 15.5 Å². The summed E-state index contributed by atoms with van der Waals surface area (Å²) in [5.74, 6) is -0.0491. The predicted molar refractivity (Wildman–Crippen MR) is 86.5 cm³/mol. The van der Waals surface area contributed by atoms with Crippen LogP contribution in [0.1, 0.15) is 30.4 Å². The summed E-state index contributed by atoms with van der Waals surface area (Å²) in [4.78, 5) is 12.5. The van der Waals surface area contributed by atoms with E-state index in [-0.39, 0.29) is 11.8 Å². The molecule has 0 saturated heterocycles. The lowest BCUT2D eigenvalue weighted by Gasteiger charge is -2.15. The molecule has 22 heavy (non-hydrogen) atoms. The lowest BCUT2D eigenvalue weighted by molar-refractivity contribution is -0.122. The largest absolute Gasteiger partial charge is 0.351 e. The van der Waals surface area contributed by atoms with E-state index in [0.29, 0.717) is 6.54 Å². The third-order valence-electron chi connectivity index (χ3n) is 3.89. The zero-order valence-electron chi connectivity index (χ0n) is 12.6. The van der Waals surface area contributed by atoms with Gasteiger partial charge in [-0.25, -0.2) is 4.52 Å². The number of aromatic nitrogens is 2. The number of hydrogen-bond donors (Lipinski definition) is 1. The van der Waals surface area contributed by atoms with Crippen LogP contribution >= 0.6 is 0 Å². The van der Waals surface area contributed by atoms with Crippen molar-refractivity contribution in [2.75, 3.05) is 0 Å². The highest BCUT2D eigenvalue weighted by molar-refractivity contribution is 5.83. The average molecular weight is 293 g/mol.